The van der Waals surface area contributed by atoms with Crippen LogP contribution >= 0.6 is 11.8 Å². The standard InChI is InChI=1S/C13H17N5S/c1-4-10-12(18-14)15-7-16-13(10)19-11-6-8(2)5-9(3)17-11/h5-7H,4,14H2,1-3H3,(H,15,16,18). The Morgan fingerprint density at radius 2 is 2.05 bits per heavy atom. The van der Waals surface area contributed by atoms with Crippen LogP contribution in [0, 0.1) is 13.8 Å². The molecule has 0 aromatic carbocycles. The lowest BCUT2D eigenvalue weighted by molar-refractivity contribution is 0.935. The first kappa shape index (κ1) is 13.8. The normalized spacial score (nSPS) is 10.5. The highest BCUT2D eigenvalue weighted by Gasteiger charge is 2.11. The molecule has 2 aromatic heterocycles. The van der Waals surface area contributed by atoms with Crippen LogP contribution in [0.1, 0.15) is 23.7 Å². The molecule has 19 heavy (non-hydrogen) atoms. The van der Waals surface area contributed by atoms with Gasteiger partial charge in [0.25, 0.3) is 0 Å². The van der Waals surface area contributed by atoms with E-state index in [2.05, 4.69) is 46.4 Å². The van der Waals surface area contributed by atoms with Crippen LogP contribution in [-0.4, -0.2) is 15.0 Å². The summed E-state index contributed by atoms with van der Waals surface area (Å²) in [5.41, 5.74) is 5.82. The van der Waals surface area contributed by atoms with Crippen LogP contribution in [-0.2, 0) is 6.42 Å². The Bertz CT molecular complexity index is 565. The first-order valence-electron chi connectivity index (χ1n) is 6.07. The highest BCUT2D eigenvalue weighted by atomic mass is 32.2. The lowest BCUT2D eigenvalue weighted by atomic mass is 10.2. The van der Waals surface area contributed by atoms with Crippen molar-refractivity contribution < 1.29 is 0 Å². The van der Waals surface area contributed by atoms with Gasteiger partial charge in [0.2, 0.25) is 0 Å². The zero-order valence-corrected chi connectivity index (χ0v) is 12.1. The fraction of sp³-hybridized carbons (Fsp3) is 0.308. The molecular weight excluding hydrogens is 258 g/mol. The number of nitrogens with one attached hydrogen (secondary N) is 1. The van der Waals surface area contributed by atoms with Crippen LogP contribution in [0.25, 0.3) is 0 Å². The van der Waals surface area contributed by atoms with Crippen LogP contribution in [0.4, 0.5) is 5.82 Å². The summed E-state index contributed by atoms with van der Waals surface area (Å²) in [6.07, 6.45) is 2.33. The molecule has 0 saturated heterocycles. The predicted octanol–water partition coefficient (Wildman–Crippen LogP) is 2.49. The summed E-state index contributed by atoms with van der Waals surface area (Å²) in [5.74, 6) is 6.14. The van der Waals surface area contributed by atoms with Crippen LogP contribution in [0.2, 0.25) is 0 Å². The van der Waals surface area contributed by atoms with Crippen LogP contribution in [0.3, 0.4) is 0 Å². The number of nitrogens with two attached hydrogens (primary N) is 1. The number of hydrogen-bond acceptors (Lipinski definition) is 6. The minimum absolute atomic E-state index is 0.671. The Morgan fingerprint density at radius 3 is 2.68 bits per heavy atom. The number of hydrazine groups is 1. The lowest BCUT2D eigenvalue weighted by Gasteiger charge is -2.10. The molecule has 6 heteroatoms. The molecule has 0 aliphatic carbocycles. The molecular formula is C13H17N5S. The molecule has 100 valence electrons. The molecule has 0 amide bonds. The number of rotatable bonds is 4. The molecule has 0 aliphatic heterocycles. The minimum atomic E-state index is 0.671. The minimum Gasteiger partial charge on any atom is -0.308 e. The molecule has 2 heterocycles. The number of nitrogen functional groups attached to an aromatic ring is 1. The summed E-state index contributed by atoms with van der Waals surface area (Å²) >= 11 is 1.54. The quantitative estimate of drug-likeness (QED) is 0.507. The van der Waals surface area contributed by atoms with E-state index in [1.54, 1.807) is 0 Å². The van der Waals surface area contributed by atoms with Crippen molar-refractivity contribution in [2.24, 2.45) is 5.84 Å². The number of hydrogen-bond donors (Lipinski definition) is 2. The van der Waals surface area contributed by atoms with E-state index >= 15 is 0 Å². The Hall–Kier alpha value is -1.66. The molecule has 0 unspecified atom stereocenters. The largest absolute Gasteiger partial charge is 0.308 e. The van der Waals surface area contributed by atoms with Crippen molar-refractivity contribution in [1.82, 2.24) is 15.0 Å². The van der Waals surface area contributed by atoms with E-state index in [1.165, 1.54) is 23.7 Å². The van der Waals surface area contributed by atoms with Crippen molar-refractivity contribution >= 4 is 17.6 Å². The van der Waals surface area contributed by atoms with E-state index in [-0.39, 0.29) is 0 Å². The second-order valence-electron chi connectivity index (χ2n) is 4.23. The van der Waals surface area contributed by atoms with Gasteiger partial charge < -0.3 is 5.43 Å². The van der Waals surface area contributed by atoms with Gasteiger partial charge in [-0.1, -0.05) is 6.92 Å². The molecule has 0 saturated carbocycles. The number of aryl methyl sites for hydroxylation is 2. The van der Waals surface area contributed by atoms with Gasteiger partial charge in [0.05, 0.1) is 0 Å². The van der Waals surface area contributed by atoms with Crippen molar-refractivity contribution in [3.05, 3.63) is 35.3 Å². The van der Waals surface area contributed by atoms with Gasteiger partial charge in [-0.3, -0.25) is 0 Å². The molecule has 3 N–H and O–H groups in total. The summed E-state index contributed by atoms with van der Waals surface area (Å²) in [6.45, 7) is 6.11. The predicted molar refractivity (Wildman–Crippen MR) is 77.1 cm³/mol. The van der Waals surface area contributed by atoms with Gasteiger partial charge in [0, 0.05) is 11.3 Å². The molecule has 5 nitrogen and oxygen atoms in total. The molecule has 0 radical (unpaired) electrons. The highest BCUT2D eigenvalue weighted by Crippen LogP contribution is 2.30. The number of anilines is 1. The number of nitrogens with zero attached hydrogens (tertiary/aromatic N) is 3. The van der Waals surface area contributed by atoms with E-state index < -0.39 is 0 Å². The molecule has 0 aliphatic rings. The monoisotopic (exact) mass is 275 g/mol. The van der Waals surface area contributed by atoms with Crippen molar-refractivity contribution in [2.45, 2.75) is 37.2 Å². The second kappa shape index (κ2) is 5.99. The maximum absolute atomic E-state index is 5.47. The lowest BCUT2D eigenvalue weighted by Crippen LogP contribution is -2.12. The molecule has 0 spiro atoms. The van der Waals surface area contributed by atoms with Crippen molar-refractivity contribution in [2.75, 3.05) is 5.43 Å². The van der Waals surface area contributed by atoms with Gasteiger partial charge in [-0.25, -0.2) is 20.8 Å². The van der Waals surface area contributed by atoms with Crippen LogP contribution in [0.15, 0.2) is 28.5 Å². The van der Waals surface area contributed by atoms with E-state index in [9.17, 15) is 0 Å². The second-order valence-corrected chi connectivity index (χ2v) is 5.24. The molecule has 0 fully saturated rings. The van der Waals surface area contributed by atoms with Gasteiger partial charge >= 0.3 is 0 Å². The molecule has 2 aromatic rings. The van der Waals surface area contributed by atoms with E-state index in [1.807, 2.05) is 6.92 Å². The third-order valence-electron chi connectivity index (χ3n) is 2.67. The van der Waals surface area contributed by atoms with E-state index in [0.29, 0.717) is 5.82 Å². The maximum atomic E-state index is 5.47. The smallest absolute Gasteiger partial charge is 0.147 e. The Labute approximate surface area is 117 Å². The van der Waals surface area contributed by atoms with Crippen molar-refractivity contribution in [3.8, 4) is 0 Å². The van der Waals surface area contributed by atoms with Crippen LogP contribution in [0.5, 0.6) is 0 Å². The zero-order chi connectivity index (χ0) is 13.8. The zero-order valence-electron chi connectivity index (χ0n) is 11.3. The van der Waals surface area contributed by atoms with Gasteiger partial charge in [-0.2, -0.15) is 0 Å². The van der Waals surface area contributed by atoms with Gasteiger partial charge in [0.15, 0.2) is 0 Å². The van der Waals surface area contributed by atoms with Gasteiger partial charge in [0.1, 0.15) is 22.2 Å². The van der Waals surface area contributed by atoms with E-state index in [0.717, 1.165) is 27.7 Å². The van der Waals surface area contributed by atoms with Gasteiger partial charge in [-0.15, -0.1) is 0 Å². The Kier molecular flexibility index (Phi) is 4.34. The summed E-state index contributed by atoms with van der Waals surface area (Å²) in [5, 5.41) is 1.83. The topological polar surface area (TPSA) is 76.7 Å². The molecule has 0 atom stereocenters. The maximum Gasteiger partial charge on any atom is 0.147 e. The Balaban J connectivity index is 2.37. The van der Waals surface area contributed by atoms with E-state index in [4.69, 9.17) is 5.84 Å². The van der Waals surface area contributed by atoms with Crippen LogP contribution < -0.4 is 11.3 Å². The average Bonchev–Trinajstić information content (AvgIpc) is 2.37. The third kappa shape index (κ3) is 3.21. The summed E-state index contributed by atoms with van der Waals surface area (Å²) < 4.78 is 0. The average molecular weight is 275 g/mol. The summed E-state index contributed by atoms with van der Waals surface area (Å²) in [4.78, 5) is 13.0. The third-order valence-corrected chi connectivity index (χ3v) is 3.64. The summed E-state index contributed by atoms with van der Waals surface area (Å²) in [7, 11) is 0. The number of aromatic nitrogens is 3. The fourth-order valence-electron chi connectivity index (χ4n) is 1.88. The molecule has 2 rings (SSSR count). The molecule has 0 bridgehead atoms. The Morgan fingerprint density at radius 1 is 1.26 bits per heavy atom. The SMILES string of the molecule is CCc1c(NN)ncnc1Sc1cc(C)cc(C)n1. The number of pyridine rings is 1. The summed E-state index contributed by atoms with van der Waals surface area (Å²) in [6, 6.07) is 4.10. The van der Waals surface area contributed by atoms with Gasteiger partial charge in [-0.05, 0) is 49.7 Å². The van der Waals surface area contributed by atoms with Crippen molar-refractivity contribution in [3.63, 3.8) is 0 Å². The first-order valence-corrected chi connectivity index (χ1v) is 6.89. The van der Waals surface area contributed by atoms with Crippen molar-refractivity contribution in [1.29, 1.82) is 0 Å². The highest BCUT2D eigenvalue weighted by molar-refractivity contribution is 7.99. The first-order chi connectivity index (χ1) is 9.13. The fourth-order valence-corrected chi connectivity index (χ4v) is 2.98.